The second kappa shape index (κ2) is 11.2. The number of amides is 2. The molecular weight excluding hydrogens is 444 g/mol. The van der Waals surface area contributed by atoms with Crippen LogP contribution >= 0.6 is 22.9 Å². The molecule has 0 saturated heterocycles. The first-order valence-corrected chi connectivity index (χ1v) is 12.6. The lowest BCUT2D eigenvalue weighted by atomic mass is 10.00. The van der Waals surface area contributed by atoms with Gasteiger partial charge in [-0.05, 0) is 53.6 Å². The number of fused-ring (bicyclic) bond motifs is 1. The van der Waals surface area contributed by atoms with E-state index in [2.05, 4.69) is 25.3 Å². The second-order valence-corrected chi connectivity index (χ2v) is 10.2. The monoisotopic (exact) mass is 476 g/mol. The van der Waals surface area contributed by atoms with Crippen molar-refractivity contribution in [3.63, 3.8) is 0 Å². The number of hydrogen-bond donors (Lipinski definition) is 0. The quantitative estimate of drug-likeness (QED) is 0.484. The fourth-order valence-corrected chi connectivity index (χ4v) is 4.99. The third-order valence-electron chi connectivity index (χ3n) is 6.00. The van der Waals surface area contributed by atoms with E-state index in [9.17, 15) is 9.59 Å². The zero-order valence-electron chi connectivity index (χ0n) is 19.3. The Kier molecular flexibility index (Phi) is 8.60. The van der Waals surface area contributed by atoms with Crippen LogP contribution < -0.4 is 4.74 Å². The van der Waals surface area contributed by atoms with E-state index in [1.165, 1.54) is 4.88 Å². The number of thiophene rings is 1. The van der Waals surface area contributed by atoms with Crippen LogP contribution in [0.15, 0.2) is 35.7 Å². The highest BCUT2D eigenvalue weighted by molar-refractivity contribution is 7.10. The fourth-order valence-electron chi connectivity index (χ4n) is 3.94. The Morgan fingerprint density at radius 2 is 1.94 bits per heavy atom. The molecule has 32 heavy (non-hydrogen) atoms. The molecule has 2 amide bonds. The number of carbonyl (C=O) groups is 2. The maximum Gasteiger partial charge on any atom is 0.242 e. The highest BCUT2D eigenvalue weighted by Gasteiger charge is 2.34. The van der Waals surface area contributed by atoms with Crippen molar-refractivity contribution in [3.05, 3.63) is 51.2 Å². The van der Waals surface area contributed by atoms with E-state index < -0.39 is 0 Å². The molecule has 0 N–H and O–H groups in total. The Balaban J connectivity index is 1.77. The standard InChI is InChI=1S/C25H33ClN2O3S/c1-5-18(4)14-27(25(30)17(2)3)15-24(29)28-12-10-23-21(11-13-32-23)22(28)16-31-20-8-6-19(26)7-9-20/h6-9,11,13,17-18,22H,5,10,12,14-16H2,1-4H3/t18-,22+/m0/s1. The summed E-state index contributed by atoms with van der Waals surface area (Å²) < 4.78 is 6.05. The normalized spacial score (nSPS) is 16.6. The fraction of sp³-hybridized carbons (Fsp3) is 0.520. The van der Waals surface area contributed by atoms with Crippen LogP contribution in [-0.2, 0) is 16.0 Å². The van der Waals surface area contributed by atoms with Crippen molar-refractivity contribution in [2.24, 2.45) is 11.8 Å². The largest absolute Gasteiger partial charge is 0.491 e. The van der Waals surface area contributed by atoms with Crippen molar-refractivity contribution in [1.29, 1.82) is 0 Å². The zero-order chi connectivity index (χ0) is 23.3. The van der Waals surface area contributed by atoms with Crippen LogP contribution in [0.25, 0.3) is 0 Å². The molecule has 5 nitrogen and oxygen atoms in total. The molecule has 1 aromatic carbocycles. The number of ether oxygens (including phenoxy) is 1. The minimum absolute atomic E-state index is 0.0242. The van der Waals surface area contributed by atoms with Crippen molar-refractivity contribution < 1.29 is 14.3 Å². The van der Waals surface area contributed by atoms with Gasteiger partial charge in [-0.1, -0.05) is 45.7 Å². The van der Waals surface area contributed by atoms with E-state index in [4.69, 9.17) is 16.3 Å². The molecule has 1 aromatic heterocycles. The van der Waals surface area contributed by atoms with Crippen LogP contribution in [-0.4, -0.2) is 47.9 Å². The summed E-state index contributed by atoms with van der Waals surface area (Å²) in [5.74, 6) is 0.933. The smallest absolute Gasteiger partial charge is 0.242 e. The molecule has 0 radical (unpaired) electrons. The summed E-state index contributed by atoms with van der Waals surface area (Å²) in [5.41, 5.74) is 1.15. The lowest BCUT2D eigenvalue weighted by Gasteiger charge is -2.37. The van der Waals surface area contributed by atoms with Crippen molar-refractivity contribution in [3.8, 4) is 5.75 Å². The summed E-state index contributed by atoms with van der Waals surface area (Å²) in [4.78, 5) is 31.2. The molecule has 3 rings (SSSR count). The summed E-state index contributed by atoms with van der Waals surface area (Å²) in [7, 11) is 0. The van der Waals surface area contributed by atoms with Gasteiger partial charge in [0.1, 0.15) is 12.4 Å². The van der Waals surface area contributed by atoms with Crippen molar-refractivity contribution in [2.45, 2.75) is 46.6 Å². The number of carbonyl (C=O) groups excluding carboxylic acids is 2. The van der Waals surface area contributed by atoms with Gasteiger partial charge in [0.15, 0.2) is 0 Å². The minimum atomic E-state index is -0.173. The second-order valence-electron chi connectivity index (χ2n) is 8.80. The Morgan fingerprint density at radius 3 is 2.59 bits per heavy atom. The van der Waals surface area contributed by atoms with E-state index in [1.807, 2.05) is 30.9 Å². The molecule has 174 valence electrons. The van der Waals surface area contributed by atoms with E-state index in [1.54, 1.807) is 28.4 Å². The maximum absolute atomic E-state index is 13.5. The predicted octanol–water partition coefficient (Wildman–Crippen LogP) is 5.44. The van der Waals surface area contributed by atoms with Crippen LogP contribution in [0.1, 0.15) is 50.6 Å². The van der Waals surface area contributed by atoms with Gasteiger partial charge in [-0.3, -0.25) is 9.59 Å². The van der Waals surface area contributed by atoms with Gasteiger partial charge < -0.3 is 14.5 Å². The Labute approximate surface area is 200 Å². The first kappa shape index (κ1) is 24.6. The number of hydrogen-bond acceptors (Lipinski definition) is 4. The lowest BCUT2D eigenvalue weighted by molar-refractivity contribution is -0.144. The van der Waals surface area contributed by atoms with Crippen LogP contribution in [0.5, 0.6) is 5.75 Å². The lowest BCUT2D eigenvalue weighted by Crippen LogP contribution is -2.49. The maximum atomic E-state index is 13.5. The van der Waals surface area contributed by atoms with Crippen molar-refractivity contribution in [1.82, 2.24) is 9.80 Å². The molecule has 2 aromatic rings. The van der Waals surface area contributed by atoms with Crippen molar-refractivity contribution >= 4 is 34.8 Å². The average Bonchev–Trinajstić information content (AvgIpc) is 3.26. The van der Waals surface area contributed by atoms with Crippen molar-refractivity contribution in [2.75, 3.05) is 26.2 Å². The Morgan fingerprint density at radius 1 is 1.22 bits per heavy atom. The van der Waals surface area contributed by atoms with Crippen LogP contribution in [0.2, 0.25) is 5.02 Å². The van der Waals surface area contributed by atoms with Gasteiger partial charge in [-0.15, -0.1) is 11.3 Å². The highest BCUT2D eigenvalue weighted by Crippen LogP contribution is 2.34. The van der Waals surface area contributed by atoms with Gasteiger partial charge in [0.25, 0.3) is 0 Å². The molecule has 0 aliphatic carbocycles. The van der Waals surface area contributed by atoms with Crippen LogP contribution in [0, 0.1) is 11.8 Å². The minimum Gasteiger partial charge on any atom is -0.491 e. The van der Waals surface area contributed by atoms with Gasteiger partial charge in [0.2, 0.25) is 11.8 Å². The number of halogens is 1. The number of nitrogens with zero attached hydrogens (tertiary/aromatic N) is 2. The molecule has 0 unspecified atom stereocenters. The van der Waals surface area contributed by atoms with Crippen LogP contribution in [0.4, 0.5) is 0 Å². The summed E-state index contributed by atoms with van der Waals surface area (Å²) in [5, 5.41) is 2.73. The van der Waals surface area contributed by atoms with E-state index in [0.29, 0.717) is 30.6 Å². The molecule has 0 saturated carbocycles. The molecule has 1 aliphatic heterocycles. The summed E-state index contributed by atoms with van der Waals surface area (Å²) >= 11 is 7.71. The van der Waals surface area contributed by atoms with Gasteiger partial charge >= 0.3 is 0 Å². The number of benzene rings is 1. The highest BCUT2D eigenvalue weighted by atomic mass is 35.5. The third kappa shape index (κ3) is 6.04. The van der Waals surface area contributed by atoms with Crippen LogP contribution in [0.3, 0.4) is 0 Å². The Hall–Kier alpha value is -2.05. The van der Waals surface area contributed by atoms with E-state index >= 15 is 0 Å². The Bertz CT molecular complexity index is 912. The summed E-state index contributed by atoms with van der Waals surface area (Å²) in [6, 6.07) is 9.17. The van der Waals surface area contributed by atoms with E-state index in [-0.39, 0.29) is 30.3 Å². The topological polar surface area (TPSA) is 49.9 Å². The molecule has 0 fully saturated rings. The molecule has 0 spiro atoms. The molecule has 2 heterocycles. The average molecular weight is 477 g/mol. The first-order chi connectivity index (χ1) is 15.3. The van der Waals surface area contributed by atoms with E-state index in [0.717, 1.165) is 24.2 Å². The molecular formula is C25H33ClN2O3S. The summed E-state index contributed by atoms with van der Waals surface area (Å²) in [6.07, 6.45) is 1.80. The van der Waals surface area contributed by atoms with Gasteiger partial charge in [-0.25, -0.2) is 0 Å². The molecule has 2 atom stereocenters. The summed E-state index contributed by atoms with van der Waals surface area (Å²) in [6.45, 7) is 9.70. The zero-order valence-corrected chi connectivity index (χ0v) is 20.9. The SMILES string of the molecule is CC[C@H](C)CN(CC(=O)N1CCc2sccc2[C@H]1COc1ccc(Cl)cc1)C(=O)C(C)C. The van der Waals surface area contributed by atoms with Gasteiger partial charge in [0, 0.05) is 28.9 Å². The molecule has 1 aliphatic rings. The number of rotatable bonds is 9. The first-order valence-electron chi connectivity index (χ1n) is 11.3. The predicted molar refractivity (Wildman–Crippen MR) is 130 cm³/mol. The van der Waals surface area contributed by atoms with Gasteiger partial charge in [-0.2, -0.15) is 0 Å². The molecule has 7 heteroatoms. The van der Waals surface area contributed by atoms with Gasteiger partial charge in [0.05, 0.1) is 12.6 Å². The molecule has 0 bridgehead atoms. The third-order valence-corrected chi connectivity index (χ3v) is 7.25.